The van der Waals surface area contributed by atoms with Gasteiger partial charge in [0.2, 0.25) is 6.41 Å². The predicted molar refractivity (Wildman–Crippen MR) is 89.9 cm³/mol. The lowest BCUT2D eigenvalue weighted by atomic mass is 10.2. The SMILES string of the molecule is COC(NC(=O)c1cc(I)cc(I)c1I)OC. The van der Waals surface area contributed by atoms with E-state index in [1.165, 1.54) is 14.2 Å². The van der Waals surface area contributed by atoms with Gasteiger partial charge in [0.15, 0.2) is 0 Å². The highest BCUT2D eigenvalue weighted by Gasteiger charge is 2.16. The fourth-order valence-corrected chi connectivity index (χ4v) is 3.52. The highest BCUT2D eigenvalue weighted by Crippen LogP contribution is 2.22. The zero-order valence-corrected chi connectivity index (χ0v) is 15.6. The standard InChI is InChI=1S/C10H10I3NO3/c1-16-10(17-2)14-9(15)6-3-5(11)4-7(12)8(6)13/h3-4,10H,1-2H3,(H,14,15). The first kappa shape index (κ1) is 15.9. The minimum absolute atomic E-state index is 0.209. The van der Waals surface area contributed by atoms with Crippen LogP contribution in [0.5, 0.6) is 0 Å². The normalized spacial score (nSPS) is 10.7. The lowest BCUT2D eigenvalue weighted by molar-refractivity contribution is -0.115. The molecule has 0 spiro atoms. The maximum absolute atomic E-state index is 12.0. The van der Waals surface area contributed by atoms with Crippen LogP contribution in [0.3, 0.4) is 0 Å². The van der Waals surface area contributed by atoms with Gasteiger partial charge >= 0.3 is 0 Å². The van der Waals surface area contributed by atoms with Gasteiger partial charge in [0.25, 0.3) is 5.91 Å². The highest BCUT2D eigenvalue weighted by atomic mass is 127. The molecule has 0 aliphatic rings. The van der Waals surface area contributed by atoms with E-state index in [1.54, 1.807) is 0 Å². The number of methoxy groups -OCH3 is 2. The Hall–Kier alpha value is 0.800. The number of carbonyl (C=O) groups excluding carboxylic acids is 1. The summed E-state index contributed by atoms with van der Waals surface area (Å²) in [5, 5.41) is 2.63. The second-order valence-electron chi connectivity index (χ2n) is 3.03. The van der Waals surface area contributed by atoms with Gasteiger partial charge in [0, 0.05) is 24.9 Å². The number of nitrogens with one attached hydrogen (secondary N) is 1. The number of halogens is 3. The second kappa shape index (κ2) is 7.40. The third-order valence-corrected chi connectivity index (χ3v) is 5.58. The Morgan fingerprint density at radius 3 is 2.35 bits per heavy atom. The third-order valence-electron chi connectivity index (χ3n) is 1.91. The molecule has 7 heteroatoms. The molecule has 1 aromatic carbocycles. The molecule has 0 saturated carbocycles. The Kier molecular flexibility index (Phi) is 6.91. The van der Waals surface area contributed by atoms with Gasteiger partial charge in [-0.1, -0.05) is 0 Å². The van der Waals surface area contributed by atoms with Crippen molar-refractivity contribution in [3.8, 4) is 0 Å². The summed E-state index contributed by atoms with van der Waals surface area (Å²) in [5.41, 5.74) is 0.626. The first-order valence-electron chi connectivity index (χ1n) is 4.50. The first-order valence-corrected chi connectivity index (χ1v) is 7.74. The van der Waals surface area contributed by atoms with Crippen LogP contribution >= 0.6 is 67.8 Å². The van der Waals surface area contributed by atoms with Crippen LogP contribution in [-0.4, -0.2) is 26.5 Å². The summed E-state index contributed by atoms with van der Waals surface area (Å²) < 4.78 is 12.9. The van der Waals surface area contributed by atoms with Crippen molar-refractivity contribution in [1.29, 1.82) is 0 Å². The van der Waals surface area contributed by atoms with Crippen molar-refractivity contribution >= 4 is 73.7 Å². The summed E-state index contributed by atoms with van der Waals surface area (Å²) in [7, 11) is 2.94. The smallest absolute Gasteiger partial charge is 0.256 e. The minimum Gasteiger partial charge on any atom is -0.339 e. The van der Waals surface area contributed by atoms with E-state index in [2.05, 4.69) is 73.1 Å². The molecule has 4 nitrogen and oxygen atoms in total. The molecule has 1 N–H and O–H groups in total. The van der Waals surface area contributed by atoms with E-state index in [9.17, 15) is 4.79 Å². The van der Waals surface area contributed by atoms with Crippen molar-refractivity contribution in [2.24, 2.45) is 0 Å². The third kappa shape index (κ3) is 4.44. The van der Waals surface area contributed by atoms with Gasteiger partial charge in [-0.25, -0.2) is 0 Å². The number of benzene rings is 1. The van der Waals surface area contributed by atoms with Crippen LogP contribution in [0.15, 0.2) is 12.1 Å². The molecule has 0 aromatic heterocycles. The molecular formula is C10H10I3NO3. The van der Waals surface area contributed by atoms with Crippen molar-refractivity contribution in [1.82, 2.24) is 5.32 Å². The molecule has 1 aromatic rings. The lowest BCUT2D eigenvalue weighted by Gasteiger charge is -2.16. The minimum atomic E-state index is -0.728. The summed E-state index contributed by atoms with van der Waals surface area (Å²) in [6.07, 6.45) is -0.728. The summed E-state index contributed by atoms with van der Waals surface area (Å²) >= 11 is 6.54. The van der Waals surface area contributed by atoms with E-state index in [-0.39, 0.29) is 5.91 Å². The van der Waals surface area contributed by atoms with Gasteiger partial charge in [-0.15, -0.1) is 0 Å². The molecule has 0 atom stereocenters. The molecule has 0 fully saturated rings. The van der Waals surface area contributed by atoms with Crippen molar-refractivity contribution in [3.05, 3.63) is 28.4 Å². The molecule has 0 aliphatic heterocycles. The molecule has 94 valence electrons. The first-order chi connectivity index (χ1) is 7.99. The van der Waals surface area contributed by atoms with E-state index in [0.29, 0.717) is 5.56 Å². The molecule has 0 radical (unpaired) electrons. The Morgan fingerprint density at radius 1 is 1.24 bits per heavy atom. The molecule has 0 bridgehead atoms. The van der Waals surface area contributed by atoms with E-state index in [4.69, 9.17) is 9.47 Å². The van der Waals surface area contributed by atoms with E-state index in [1.807, 2.05) is 12.1 Å². The van der Waals surface area contributed by atoms with Crippen molar-refractivity contribution in [2.75, 3.05) is 14.2 Å². The lowest BCUT2D eigenvalue weighted by Crippen LogP contribution is -2.37. The zero-order chi connectivity index (χ0) is 13.0. The number of rotatable bonds is 4. The molecule has 17 heavy (non-hydrogen) atoms. The number of amides is 1. The average Bonchev–Trinajstić information content (AvgIpc) is 2.30. The fraction of sp³-hybridized carbons (Fsp3) is 0.300. The summed E-state index contributed by atoms with van der Waals surface area (Å²) in [5.74, 6) is -0.209. The molecular weight excluding hydrogens is 563 g/mol. The summed E-state index contributed by atoms with van der Waals surface area (Å²) in [6, 6.07) is 3.85. The number of ether oxygens (including phenoxy) is 2. The molecule has 0 unspecified atom stereocenters. The number of hydrogen-bond donors (Lipinski definition) is 1. The molecule has 0 heterocycles. The topological polar surface area (TPSA) is 47.6 Å². The van der Waals surface area contributed by atoms with Crippen LogP contribution in [0.1, 0.15) is 10.4 Å². The van der Waals surface area contributed by atoms with Crippen LogP contribution < -0.4 is 5.32 Å². The van der Waals surface area contributed by atoms with Crippen molar-refractivity contribution < 1.29 is 14.3 Å². The largest absolute Gasteiger partial charge is 0.339 e. The summed E-state index contributed by atoms with van der Waals surface area (Å²) in [4.78, 5) is 12.0. The average molecular weight is 573 g/mol. The van der Waals surface area contributed by atoms with Gasteiger partial charge in [0.05, 0.1) is 5.56 Å². The highest BCUT2D eigenvalue weighted by molar-refractivity contribution is 14.1. The van der Waals surface area contributed by atoms with Crippen LogP contribution in [0.25, 0.3) is 0 Å². The predicted octanol–water partition coefficient (Wildman–Crippen LogP) is 2.81. The monoisotopic (exact) mass is 573 g/mol. The maximum Gasteiger partial charge on any atom is 0.256 e. The van der Waals surface area contributed by atoms with Crippen LogP contribution in [0.2, 0.25) is 0 Å². The second-order valence-corrected chi connectivity index (χ2v) is 6.51. The van der Waals surface area contributed by atoms with Crippen molar-refractivity contribution in [3.63, 3.8) is 0 Å². The quantitative estimate of drug-likeness (QED) is 0.343. The van der Waals surface area contributed by atoms with Crippen LogP contribution in [0, 0.1) is 10.7 Å². The van der Waals surface area contributed by atoms with E-state index in [0.717, 1.165) is 10.7 Å². The molecule has 1 rings (SSSR count). The van der Waals surface area contributed by atoms with Crippen molar-refractivity contribution in [2.45, 2.75) is 6.41 Å². The number of hydrogen-bond acceptors (Lipinski definition) is 3. The maximum atomic E-state index is 12.0. The van der Waals surface area contributed by atoms with Gasteiger partial charge in [-0.2, -0.15) is 0 Å². The van der Waals surface area contributed by atoms with Gasteiger partial charge in [-0.05, 0) is 79.9 Å². The Bertz CT molecular complexity index is 422. The van der Waals surface area contributed by atoms with E-state index >= 15 is 0 Å². The van der Waals surface area contributed by atoms with E-state index < -0.39 is 6.41 Å². The fourth-order valence-electron chi connectivity index (χ4n) is 1.12. The Labute approximate surface area is 141 Å². The van der Waals surface area contributed by atoms with Crippen LogP contribution in [-0.2, 0) is 9.47 Å². The Balaban J connectivity index is 2.96. The molecule has 0 aliphatic carbocycles. The van der Waals surface area contributed by atoms with Gasteiger partial charge in [0.1, 0.15) is 0 Å². The van der Waals surface area contributed by atoms with Gasteiger partial charge < -0.3 is 14.8 Å². The van der Waals surface area contributed by atoms with Crippen LogP contribution in [0.4, 0.5) is 0 Å². The molecule has 1 amide bonds. The summed E-state index contributed by atoms with van der Waals surface area (Å²) in [6.45, 7) is 0. The molecule has 0 saturated heterocycles. The Morgan fingerprint density at radius 2 is 1.82 bits per heavy atom. The zero-order valence-electron chi connectivity index (χ0n) is 9.09. The van der Waals surface area contributed by atoms with Gasteiger partial charge in [-0.3, -0.25) is 4.79 Å². The number of carbonyl (C=O) groups is 1.